The fourth-order valence-corrected chi connectivity index (χ4v) is 3.52. The molecular weight excluding hydrogens is 256 g/mol. The Morgan fingerprint density at radius 1 is 1.35 bits per heavy atom. The summed E-state index contributed by atoms with van der Waals surface area (Å²) in [7, 11) is 1.43. The van der Waals surface area contributed by atoms with E-state index in [-0.39, 0.29) is 23.3 Å². The van der Waals surface area contributed by atoms with Gasteiger partial charge in [0.15, 0.2) is 0 Å². The summed E-state index contributed by atoms with van der Waals surface area (Å²) in [5, 5.41) is 3.43. The molecule has 1 N–H and O–H groups in total. The summed E-state index contributed by atoms with van der Waals surface area (Å²) in [6.07, 6.45) is 5.38. The lowest BCUT2D eigenvalue weighted by Crippen LogP contribution is -2.56. The van der Waals surface area contributed by atoms with E-state index in [0.29, 0.717) is 13.1 Å². The number of esters is 1. The van der Waals surface area contributed by atoms with Crippen molar-refractivity contribution >= 4 is 11.9 Å². The average molecular weight is 282 g/mol. The van der Waals surface area contributed by atoms with Gasteiger partial charge in [0, 0.05) is 13.1 Å². The van der Waals surface area contributed by atoms with E-state index in [1.807, 2.05) is 4.90 Å². The molecule has 0 aliphatic carbocycles. The minimum Gasteiger partial charge on any atom is -0.469 e. The molecule has 0 aromatic rings. The smallest absolute Gasteiger partial charge is 0.308 e. The second-order valence-electron chi connectivity index (χ2n) is 5.95. The number of nitrogens with zero attached hydrogens (tertiary/aromatic N) is 1. The van der Waals surface area contributed by atoms with Gasteiger partial charge in [-0.3, -0.25) is 9.59 Å². The molecule has 2 heterocycles. The molecule has 114 valence electrons. The Morgan fingerprint density at radius 3 is 2.55 bits per heavy atom. The Bertz CT molecular complexity index is 356. The molecule has 0 bridgehead atoms. The van der Waals surface area contributed by atoms with E-state index in [1.54, 1.807) is 0 Å². The molecule has 2 fully saturated rings. The van der Waals surface area contributed by atoms with E-state index >= 15 is 0 Å². The molecule has 5 nitrogen and oxygen atoms in total. The van der Waals surface area contributed by atoms with Crippen molar-refractivity contribution in [1.82, 2.24) is 10.2 Å². The summed E-state index contributed by atoms with van der Waals surface area (Å²) < 4.78 is 4.79. The number of carbonyl (C=O) groups excluding carboxylic acids is 2. The lowest BCUT2D eigenvalue weighted by atomic mass is 9.88. The number of rotatable bonds is 4. The predicted molar refractivity (Wildman–Crippen MR) is 76.2 cm³/mol. The Morgan fingerprint density at radius 2 is 2.05 bits per heavy atom. The summed E-state index contributed by atoms with van der Waals surface area (Å²) in [4.78, 5) is 26.3. The fourth-order valence-electron chi connectivity index (χ4n) is 3.52. The molecule has 2 rings (SSSR count). The normalized spacial score (nSPS) is 27.6. The lowest BCUT2D eigenvalue weighted by molar-refractivity contribution is -0.150. The number of likely N-dealkylation sites (tertiary alicyclic amines) is 1. The van der Waals surface area contributed by atoms with Crippen LogP contribution >= 0.6 is 0 Å². The number of ether oxygens (including phenoxy) is 1. The van der Waals surface area contributed by atoms with Crippen molar-refractivity contribution in [2.75, 3.05) is 26.7 Å². The summed E-state index contributed by atoms with van der Waals surface area (Å²) in [6, 6.07) is 0. The van der Waals surface area contributed by atoms with Crippen molar-refractivity contribution in [3.05, 3.63) is 0 Å². The molecule has 0 saturated carbocycles. The Kier molecular flexibility index (Phi) is 5.02. The van der Waals surface area contributed by atoms with Crippen LogP contribution in [0.4, 0.5) is 0 Å². The van der Waals surface area contributed by atoms with Gasteiger partial charge in [0.25, 0.3) is 0 Å². The summed E-state index contributed by atoms with van der Waals surface area (Å²) in [5.41, 5.74) is -0.340. The van der Waals surface area contributed by atoms with Crippen LogP contribution in [-0.2, 0) is 14.3 Å². The fraction of sp³-hybridized carbons (Fsp3) is 0.867. The van der Waals surface area contributed by atoms with Crippen molar-refractivity contribution in [3.63, 3.8) is 0 Å². The van der Waals surface area contributed by atoms with Crippen molar-refractivity contribution in [1.29, 1.82) is 0 Å². The molecule has 0 spiro atoms. The molecule has 0 aromatic carbocycles. The van der Waals surface area contributed by atoms with Gasteiger partial charge in [0.05, 0.1) is 18.6 Å². The Balaban J connectivity index is 1.95. The van der Waals surface area contributed by atoms with Gasteiger partial charge in [-0.1, -0.05) is 13.3 Å². The van der Waals surface area contributed by atoms with Crippen LogP contribution in [0.3, 0.4) is 0 Å². The van der Waals surface area contributed by atoms with Crippen LogP contribution in [0.2, 0.25) is 0 Å². The van der Waals surface area contributed by atoms with Crippen LogP contribution in [0.25, 0.3) is 0 Å². The molecule has 2 saturated heterocycles. The molecule has 20 heavy (non-hydrogen) atoms. The van der Waals surface area contributed by atoms with E-state index in [9.17, 15) is 9.59 Å². The molecule has 2 aliphatic heterocycles. The van der Waals surface area contributed by atoms with Gasteiger partial charge in [0.2, 0.25) is 5.91 Å². The van der Waals surface area contributed by atoms with E-state index in [2.05, 4.69) is 12.2 Å². The van der Waals surface area contributed by atoms with Crippen molar-refractivity contribution in [2.45, 2.75) is 51.0 Å². The van der Waals surface area contributed by atoms with Crippen LogP contribution in [0, 0.1) is 5.92 Å². The Hall–Kier alpha value is -1.10. The molecule has 1 unspecified atom stereocenters. The maximum Gasteiger partial charge on any atom is 0.308 e. The van der Waals surface area contributed by atoms with Gasteiger partial charge in [0.1, 0.15) is 0 Å². The van der Waals surface area contributed by atoms with Gasteiger partial charge in [-0.05, 0) is 38.6 Å². The van der Waals surface area contributed by atoms with Crippen LogP contribution in [0.15, 0.2) is 0 Å². The highest BCUT2D eigenvalue weighted by Crippen LogP contribution is 2.29. The average Bonchev–Trinajstić information content (AvgIpc) is 2.96. The highest BCUT2D eigenvalue weighted by atomic mass is 16.5. The summed E-state index contributed by atoms with van der Waals surface area (Å²) in [5.74, 6) is 0.0576. The zero-order valence-corrected chi connectivity index (χ0v) is 12.6. The largest absolute Gasteiger partial charge is 0.469 e. The van der Waals surface area contributed by atoms with Crippen molar-refractivity contribution in [2.24, 2.45) is 5.92 Å². The standard InChI is InChI=1S/C15H26N2O3/c1-3-7-15(8-4-9-16-15)14(19)17-10-5-12(6-11-17)13(18)20-2/h12,16H,3-11H2,1-2H3. The highest BCUT2D eigenvalue weighted by molar-refractivity contribution is 5.87. The monoisotopic (exact) mass is 282 g/mol. The third kappa shape index (κ3) is 2.97. The number of nitrogens with one attached hydrogen (secondary N) is 1. The van der Waals surface area contributed by atoms with E-state index in [1.165, 1.54) is 7.11 Å². The number of hydrogen-bond acceptors (Lipinski definition) is 4. The SMILES string of the molecule is CCCC1(C(=O)N2CCC(C(=O)OC)CC2)CCCN1. The summed E-state index contributed by atoms with van der Waals surface area (Å²) >= 11 is 0. The summed E-state index contributed by atoms with van der Waals surface area (Å²) in [6.45, 7) is 4.40. The highest BCUT2D eigenvalue weighted by Gasteiger charge is 2.43. The second-order valence-corrected chi connectivity index (χ2v) is 5.95. The number of amides is 1. The minimum absolute atomic E-state index is 0.0392. The van der Waals surface area contributed by atoms with Crippen molar-refractivity contribution < 1.29 is 14.3 Å². The van der Waals surface area contributed by atoms with Gasteiger partial charge >= 0.3 is 5.97 Å². The third-order valence-electron chi connectivity index (χ3n) is 4.65. The number of hydrogen-bond donors (Lipinski definition) is 1. The maximum atomic E-state index is 12.8. The molecule has 2 aliphatic rings. The second kappa shape index (κ2) is 6.57. The molecule has 0 radical (unpaired) electrons. The Labute approximate surface area is 121 Å². The predicted octanol–water partition coefficient (Wildman–Crippen LogP) is 1.32. The first-order valence-corrected chi connectivity index (χ1v) is 7.75. The molecule has 1 amide bonds. The quantitative estimate of drug-likeness (QED) is 0.790. The first-order valence-electron chi connectivity index (χ1n) is 7.75. The molecule has 5 heteroatoms. The van der Waals surface area contributed by atoms with E-state index in [0.717, 1.165) is 45.1 Å². The van der Waals surface area contributed by atoms with E-state index < -0.39 is 0 Å². The number of piperidine rings is 1. The zero-order valence-electron chi connectivity index (χ0n) is 12.6. The van der Waals surface area contributed by atoms with Gasteiger partial charge in [-0.25, -0.2) is 0 Å². The zero-order chi connectivity index (χ0) is 14.6. The van der Waals surface area contributed by atoms with Gasteiger partial charge in [-0.15, -0.1) is 0 Å². The first kappa shape index (κ1) is 15.3. The van der Waals surface area contributed by atoms with Crippen LogP contribution < -0.4 is 5.32 Å². The molecule has 0 aromatic heterocycles. The topological polar surface area (TPSA) is 58.6 Å². The van der Waals surface area contributed by atoms with Crippen LogP contribution in [0.1, 0.15) is 45.4 Å². The minimum atomic E-state index is -0.340. The third-order valence-corrected chi connectivity index (χ3v) is 4.65. The number of carbonyl (C=O) groups is 2. The first-order chi connectivity index (χ1) is 9.63. The maximum absolute atomic E-state index is 12.8. The van der Waals surface area contributed by atoms with Crippen LogP contribution in [0.5, 0.6) is 0 Å². The number of methoxy groups -OCH3 is 1. The van der Waals surface area contributed by atoms with Gasteiger partial charge < -0.3 is 15.0 Å². The molecular formula is C15H26N2O3. The van der Waals surface area contributed by atoms with Crippen LogP contribution in [-0.4, -0.2) is 49.1 Å². The van der Waals surface area contributed by atoms with E-state index in [4.69, 9.17) is 4.74 Å². The van der Waals surface area contributed by atoms with Gasteiger partial charge in [-0.2, -0.15) is 0 Å². The lowest BCUT2D eigenvalue weighted by Gasteiger charge is -2.38. The van der Waals surface area contributed by atoms with Crippen molar-refractivity contribution in [3.8, 4) is 0 Å². The molecule has 1 atom stereocenters.